The number of fused-ring (bicyclic) bond motifs is 1. The number of carbonyl (C=O) groups is 1. The van der Waals surface area contributed by atoms with E-state index in [0.717, 1.165) is 30.0 Å². The third kappa shape index (κ3) is 1.97. The van der Waals surface area contributed by atoms with Crippen molar-refractivity contribution >= 4 is 5.97 Å². The number of imidazole rings is 1. The summed E-state index contributed by atoms with van der Waals surface area (Å²) in [6.45, 7) is 0.787. The van der Waals surface area contributed by atoms with Crippen molar-refractivity contribution in [3.8, 4) is 17.1 Å². The van der Waals surface area contributed by atoms with Gasteiger partial charge in [0.25, 0.3) is 0 Å². The molecule has 2 aromatic rings. The van der Waals surface area contributed by atoms with Crippen LogP contribution in [0.1, 0.15) is 24.5 Å². The summed E-state index contributed by atoms with van der Waals surface area (Å²) in [4.78, 5) is 15.6. The van der Waals surface area contributed by atoms with Gasteiger partial charge in [-0.2, -0.15) is 0 Å². The molecule has 0 fully saturated rings. The molecule has 5 nitrogen and oxygen atoms in total. The fourth-order valence-electron chi connectivity index (χ4n) is 2.59. The number of benzene rings is 1. The molecule has 0 amide bonds. The molecule has 0 spiro atoms. The first-order chi connectivity index (χ1) is 9.16. The number of phenolic OH excluding ortho intramolecular Hbond substituents is 1. The van der Waals surface area contributed by atoms with Gasteiger partial charge in [-0.05, 0) is 37.1 Å². The summed E-state index contributed by atoms with van der Waals surface area (Å²) >= 11 is 0. The summed E-state index contributed by atoms with van der Waals surface area (Å²) < 4.78 is 1.97. The van der Waals surface area contributed by atoms with E-state index in [-0.39, 0.29) is 5.75 Å². The molecule has 5 heteroatoms. The zero-order valence-corrected chi connectivity index (χ0v) is 10.3. The molecule has 1 aromatic heterocycles. The lowest BCUT2D eigenvalue weighted by Crippen LogP contribution is -2.21. The number of aliphatic carboxylic acids is 1. The minimum absolute atomic E-state index is 0.206. The van der Waals surface area contributed by atoms with Crippen LogP contribution >= 0.6 is 0 Å². The minimum Gasteiger partial charge on any atom is -0.508 e. The zero-order valence-electron chi connectivity index (χ0n) is 10.3. The number of rotatable bonds is 2. The second kappa shape index (κ2) is 4.42. The largest absolute Gasteiger partial charge is 0.508 e. The van der Waals surface area contributed by atoms with Gasteiger partial charge in [0.05, 0.1) is 11.6 Å². The number of nitrogens with zero attached hydrogens (tertiary/aromatic N) is 2. The van der Waals surface area contributed by atoms with Crippen molar-refractivity contribution in [3.63, 3.8) is 0 Å². The van der Waals surface area contributed by atoms with E-state index in [4.69, 9.17) is 0 Å². The third-order valence-corrected chi connectivity index (χ3v) is 3.54. The smallest absolute Gasteiger partial charge is 0.312 e. The normalized spacial score (nSPS) is 18.0. The van der Waals surface area contributed by atoms with Gasteiger partial charge in [-0.15, -0.1) is 0 Å². The molecule has 1 aliphatic rings. The molecule has 1 aromatic carbocycles. The molecule has 2 N–H and O–H groups in total. The number of aromatic hydroxyl groups is 1. The second-order valence-corrected chi connectivity index (χ2v) is 4.74. The molecule has 2 heterocycles. The summed E-state index contributed by atoms with van der Waals surface area (Å²) in [6, 6.07) is 6.79. The van der Waals surface area contributed by atoms with Crippen molar-refractivity contribution in [3.05, 3.63) is 36.2 Å². The average Bonchev–Trinajstić information content (AvgIpc) is 2.83. The molecule has 0 radical (unpaired) electrons. The Bertz CT molecular complexity index is 616. The predicted octanol–water partition coefficient (Wildman–Crippen LogP) is 2.22. The highest BCUT2D eigenvalue weighted by atomic mass is 16.4. The van der Waals surface area contributed by atoms with E-state index < -0.39 is 11.9 Å². The standard InChI is InChI=1S/C14H14N2O3/c17-10-5-3-9(4-6-10)13-15-8-12-11(14(18)19)2-1-7-16(12)13/h3-6,8,11,17H,1-2,7H2,(H,18,19). The summed E-state index contributed by atoms with van der Waals surface area (Å²) in [5.74, 6) is -0.288. The molecule has 0 saturated heterocycles. The Morgan fingerprint density at radius 2 is 2.05 bits per heavy atom. The molecule has 3 rings (SSSR count). The lowest BCUT2D eigenvalue weighted by molar-refractivity contribution is -0.139. The van der Waals surface area contributed by atoms with Crippen LogP contribution < -0.4 is 0 Å². The number of hydrogen-bond donors (Lipinski definition) is 2. The Balaban J connectivity index is 2.05. The average molecular weight is 258 g/mol. The molecule has 0 saturated carbocycles. The monoisotopic (exact) mass is 258 g/mol. The Morgan fingerprint density at radius 1 is 1.32 bits per heavy atom. The van der Waals surface area contributed by atoms with Crippen molar-refractivity contribution in [2.45, 2.75) is 25.3 Å². The van der Waals surface area contributed by atoms with E-state index >= 15 is 0 Å². The Hall–Kier alpha value is -2.30. The second-order valence-electron chi connectivity index (χ2n) is 4.74. The Kier molecular flexibility index (Phi) is 2.74. The molecule has 0 bridgehead atoms. The van der Waals surface area contributed by atoms with E-state index in [1.807, 2.05) is 4.57 Å². The highest BCUT2D eigenvalue weighted by molar-refractivity contribution is 5.76. The fraction of sp³-hybridized carbons (Fsp3) is 0.286. The van der Waals surface area contributed by atoms with Crippen LogP contribution in [0.15, 0.2) is 30.5 Å². The van der Waals surface area contributed by atoms with Crippen molar-refractivity contribution in [1.29, 1.82) is 0 Å². The fourth-order valence-corrected chi connectivity index (χ4v) is 2.59. The van der Waals surface area contributed by atoms with Crippen molar-refractivity contribution in [2.24, 2.45) is 0 Å². The lowest BCUT2D eigenvalue weighted by Gasteiger charge is -2.22. The number of hydrogen-bond acceptors (Lipinski definition) is 3. The first kappa shape index (κ1) is 11.8. The molecular formula is C14H14N2O3. The van der Waals surface area contributed by atoms with Gasteiger partial charge >= 0.3 is 5.97 Å². The van der Waals surface area contributed by atoms with Crippen LogP contribution in [0.2, 0.25) is 0 Å². The highest BCUT2D eigenvalue weighted by Gasteiger charge is 2.28. The zero-order chi connectivity index (χ0) is 13.4. The number of carboxylic acids is 1. The van der Waals surface area contributed by atoms with Crippen LogP contribution in [0, 0.1) is 0 Å². The topological polar surface area (TPSA) is 75.3 Å². The molecule has 1 unspecified atom stereocenters. The van der Waals surface area contributed by atoms with Crippen LogP contribution in [0.25, 0.3) is 11.4 Å². The van der Waals surface area contributed by atoms with Crippen LogP contribution in [-0.4, -0.2) is 25.7 Å². The maximum absolute atomic E-state index is 11.2. The number of carboxylic acid groups (broad SMARTS) is 1. The predicted molar refractivity (Wildman–Crippen MR) is 68.9 cm³/mol. The van der Waals surface area contributed by atoms with E-state index in [9.17, 15) is 15.0 Å². The maximum atomic E-state index is 11.2. The van der Waals surface area contributed by atoms with Crippen LogP contribution in [-0.2, 0) is 11.3 Å². The van der Waals surface area contributed by atoms with E-state index in [0.29, 0.717) is 6.42 Å². The van der Waals surface area contributed by atoms with E-state index in [1.54, 1.807) is 30.5 Å². The van der Waals surface area contributed by atoms with E-state index in [1.165, 1.54) is 0 Å². The van der Waals surface area contributed by atoms with Crippen LogP contribution in [0.3, 0.4) is 0 Å². The molecule has 1 atom stereocenters. The molecular weight excluding hydrogens is 244 g/mol. The minimum atomic E-state index is -0.793. The van der Waals surface area contributed by atoms with Gasteiger partial charge < -0.3 is 14.8 Å². The SMILES string of the molecule is O=C(O)C1CCCn2c1cnc2-c1ccc(O)cc1. The molecule has 98 valence electrons. The van der Waals surface area contributed by atoms with Gasteiger partial charge in [0, 0.05) is 18.3 Å². The van der Waals surface area contributed by atoms with Gasteiger partial charge in [0.15, 0.2) is 0 Å². The van der Waals surface area contributed by atoms with Crippen LogP contribution in [0.4, 0.5) is 0 Å². The molecule has 1 aliphatic heterocycles. The summed E-state index contributed by atoms with van der Waals surface area (Å²) in [5, 5.41) is 18.5. The maximum Gasteiger partial charge on any atom is 0.312 e. The Morgan fingerprint density at radius 3 is 2.74 bits per heavy atom. The summed E-state index contributed by atoms with van der Waals surface area (Å²) in [7, 11) is 0. The first-order valence-corrected chi connectivity index (χ1v) is 6.24. The van der Waals surface area contributed by atoms with Gasteiger partial charge in [-0.3, -0.25) is 4.79 Å². The van der Waals surface area contributed by atoms with Crippen molar-refractivity contribution in [1.82, 2.24) is 9.55 Å². The summed E-state index contributed by atoms with van der Waals surface area (Å²) in [5.41, 5.74) is 1.65. The molecule has 0 aliphatic carbocycles. The highest BCUT2D eigenvalue weighted by Crippen LogP contribution is 2.32. The van der Waals surface area contributed by atoms with Crippen molar-refractivity contribution < 1.29 is 15.0 Å². The van der Waals surface area contributed by atoms with Crippen LogP contribution in [0.5, 0.6) is 5.75 Å². The van der Waals surface area contributed by atoms with E-state index in [2.05, 4.69) is 4.98 Å². The van der Waals surface area contributed by atoms with Gasteiger partial charge in [-0.25, -0.2) is 4.98 Å². The first-order valence-electron chi connectivity index (χ1n) is 6.24. The number of aromatic nitrogens is 2. The molecule has 19 heavy (non-hydrogen) atoms. The summed E-state index contributed by atoms with van der Waals surface area (Å²) in [6.07, 6.45) is 3.15. The van der Waals surface area contributed by atoms with Gasteiger partial charge in [0.2, 0.25) is 0 Å². The Labute approximate surface area is 110 Å². The van der Waals surface area contributed by atoms with Gasteiger partial charge in [0.1, 0.15) is 11.6 Å². The lowest BCUT2D eigenvalue weighted by atomic mass is 9.96. The van der Waals surface area contributed by atoms with Gasteiger partial charge in [-0.1, -0.05) is 0 Å². The number of phenols is 1. The van der Waals surface area contributed by atoms with Crippen molar-refractivity contribution in [2.75, 3.05) is 0 Å². The third-order valence-electron chi connectivity index (χ3n) is 3.54. The quantitative estimate of drug-likeness (QED) is 0.866.